The number of oxazole rings is 1. The largest absolute Gasteiger partial charge is 0.444 e. The van der Waals surface area contributed by atoms with Gasteiger partial charge in [-0.2, -0.15) is 13.2 Å². The van der Waals surface area contributed by atoms with Gasteiger partial charge in [0.1, 0.15) is 11.6 Å². The molecule has 0 bridgehead atoms. The lowest BCUT2D eigenvalue weighted by Crippen LogP contribution is -2.23. The van der Waals surface area contributed by atoms with Crippen LogP contribution in [0.25, 0.3) is 0 Å². The average molecular weight is 316 g/mol. The SMILES string of the molecule is Cc1nc(CNC(=O)c2ccc(F)c(C(F)(F)F)c2)oc1C. The number of nitrogens with one attached hydrogen (secondary N) is 1. The van der Waals surface area contributed by atoms with Crippen molar-refractivity contribution in [3.8, 4) is 0 Å². The highest BCUT2D eigenvalue weighted by atomic mass is 19.4. The van der Waals surface area contributed by atoms with E-state index in [0.717, 1.165) is 6.07 Å². The lowest BCUT2D eigenvalue weighted by atomic mass is 10.1. The summed E-state index contributed by atoms with van der Waals surface area (Å²) in [4.78, 5) is 15.9. The molecule has 0 saturated heterocycles. The summed E-state index contributed by atoms with van der Waals surface area (Å²) in [7, 11) is 0. The van der Waals surface area contributed by atoms with Gasteiger partial charge in [-0.15, -0.1) is 0 Å². The summed E-state index contributed by atoms with van der Waals surface area (Å²) in [6, 6.07) is 2.06. The summed E-state index contributed by atoms with van der Waals surface area (Å²) >= 11 is 0. The van der Waals surface area contributed by atoms with Crippen molar-refractivity contribution in [2.75, 3.05) is 0 Å². The fourth-order valence-corrected chi connectivity index (χ4v) is 1.76. The number of amides is 1. The van der Waals surface area contributed by atoms with E-state index in [4.69, 9.17) is 4.42 Å². The molecule has 0 spiro atoms. The monoisotopic (exact) mass is 316 g/mol. The topological polar surface area (TPSA) is 55.1 Å². The second-order valence-corrected chi connectivity index (χ2v) is 4.62. The van der Waals surface area contributed by atoms with E-state index < -0.39 is 23.5 Å². The molecule has 0 aliphatic heterocycles. The molecule has 2 rings (SSSR count). The minimum Gasteiger partial charge on any atom is -0.444 e. The number of aryl methyl sites for hydroxylation is 2. The number of aromatic nitrogens is 1. The van der Waals surface area contributed by atoms with Crippen LogP contribution in [0.2, 0.25) is 0 Å². The van der Waals surface area contributed by atoms with Crippen molar-refractivity contribution in [3.63, 3.8) is 0 Å². The van der Waals surface area contributed by atoms with Crippen LogP contribution in [0.1, 0.15) is 33.3 Å². The smallest absolute Gasteiger partial charge is 0.419 e. The van der Waals surface area contributed by atoms with Gasteiger partial charge in [0, 0.05) is 5.56 Å². The van der Waals surface area contributed by atoms with Crippen molar-refractivity contribution >= 4 is 5.91 Å². The predicted molar refractivity (Wildman–Crippen MR) is 68.5 cm³/mol. The lowest BCUT2D eigenvalue weighted by Gasteiger charge is -2.10. The maximum absolute atomic E-state index is 13.2. The summed E-state index contributed by atoms with van der Waals surface area (Å²) in [6.45, 7) is 3.34. The van der Waals surface area contributed by atoms with Crippen LogP contribution < -0.4 is 5.32 Å². The second kappa shape index (κ2) is 5.78. The zero-order valence-electron chi connectivity index (χ0n) is 11.7. The predicted octanol–water partition coefficient (Wildman–Crippen LogP) is 3.38. The quantitative estimate of drug-likeness (QED) is 0.883. The Morgan fingerprint density at radius 2 is 2.00 bits per heavy atom. The molecule has 8 heteroatoms. The molecule has 0 aliphatic carbocycles. The van der Waals surface area contributed by atoms with Gasteiger partial charge < -0.3 is 9.73 Å². The van der Waals surface area contributed by atoms with Gasteiger partial charge in [-0.1, -0.05) is 0 Å². The maximum Gasteiger partial charge on any atom is 0.419 e. The van der Waals surface area contributed by atoms with Gasteiger partial charge in [0.2, 0.25) is 5.89 Å². The molecular weight excluding hydrogens is 304 g/mol. The van der Waals surface area contributed by atoms with E-state index in [0.29, 0.717) is 23.6 Å². The Labute approximate surface area is 123 Å². The Morgan fingerprint density at radius 1 is 1.32 bits per heavy atom. The third-order valence-corrected chi connectivity index (χ3v) is 3.01. The molecule has 4 nitrogen and oxygen atoms in total. The van der Waals surface area contributed by atoms with Gasteiger partial charge in [0.15, 0.2) is 0 Å². The van der Waals surface area contributed by atoms with E-state index in [-0.39, 0.29) is 18.0 Å². The first-order valence-corrected chi connectivity index (χ1v) is 6.26. The van der Waals surface area contributed by atoms with E-state index in [1.807, 2.05) is 0 Å². The molecule has 0 unspecified atom stereocenters. The van der Waals surface area contributed by atoms with Crippen molar-refractivity contribution in [3.05, 3.63) is 52.5 Å². The van der Waals surface area contributed by atoms with Crippen molar-refractivity contribution < 1.29 is 26.8 Å². The number of carbonyl (C=O) groups is 1. The van der Waals surface area contributed by atoms with Gasteiger partial charge in [-0.25, -0.2) is 9.37 Å². The molecule has 1 heterocycles. The summed E-state index contributed by atoms with van der Waals surface area (Å²) in [5.41, 5.74) is -1.12. The molecule has 0 radical (unpaired) electrons. The normalized spacial score (nSPS) is 11.5. The molecule has 22 heavy (non-hydrogen) atoms. The lowest BCUT2D eigenvalue weighted by molar-refractivity contribution is -0.140. The highest BCUT2D eigenvalue weighted by Crippen LogP contribution is 2.31. The fraction of sp³-hybridized carbons (Fsp3) is 0.286. The van der Waals surface area contributed by atoms with Crippen LogP contribution in [0.4, 0.5) is 17.6 Å². The highest BCUT2D eigenvalue weighted by Gasteiger charge is 2.34. The van der Waals surface area contributed by atoms with Gasteiger partial charge >= 0.3 is 6.18 Å². The van der Waals surface area contributed by atoms with Crippen LogP contribution in [0.5, 0.6) is 0 Å². The number of benzene rings is 1. The number of halogens is 4. The average Bonchev–Trinajstić information content (AvgIpc) is 2.74. The molecule has 0 atom stereocenters. The van der Waals surface area contributed by atoms with E-state index in [1.54, 1.807) is 13.8 Å². The van der Waals surface area contributed by atoms with E-state index in [2.05, 4.69) is 10.3 Å². The summed E-state index contributed by atoms with van der Waals surface area (Å²) < 4.78 is 56.2. The Kier molecular flexibility index (Phi) is 4.20. The zero-order valence-corrected chi connectivity index (χ0v) is 11.7. The molecule has 0 fully saturated rings. The molecular formula is C14H12F4N2O2. The number of carbonyl (C=O) groups excluding carboxylic acids is 1. The first-order chi connectivity index (χ1) is 10.2. The third-order valence-electron chi connectivity index (χ3n) is 3.01. The highest BCUT2D eigenvalue weighted by molar-refractivity contribution is 5.94. The first kappa shape index (κ1) is 16.0. The molecule has 1 amide bonds. The molecule has 1 aromatic carbocycles. The van der Waals surface area contributed by atoms with Gasteiger partial charge in [0.05, 0.1) is 17.8 Å². The molecule has 0 saturated carbocycles. The number of rotatable bonds is 3. The van der Waals surface area contributed by atoms with Gasteiger partial charge in [-0.05, 0) is 32.0 Å². The van der Waals surface area contributed by atoms with E-state index in [9.17, 15) is 22.4 Å². The minimum absolute atomic E-state index is 0.0771. The minimum atomic E-state index is -4.86. The van der Waals surface area contributed by atoms with Crippen molar-refractivity contribution in [1.29, 1.82) is 0 Å². The summed E-state index contributed by atoms with van der Waals surface area (Å²) in [5.74, 6) is -1.38. The third kappa shape index (κ3) is 3.44. The Hall–Kier alpha value is -2.38. The van der Waals surface area contributed by atoms with Crippen molar-refractivity contribution in [1.82, 2.24) is 10.3 Å². The first-order valence-electron chi connectivity index (χ1n) is 6.26. The van der Waals surface area contributed by atoms with Crippen LogP contribution in [0, 0.1) is 19.7 Å². The van der Waals surface area contributed by atoms with Crippen LogP contribution in [-0.4, -0.2) is 10.9 Å². The van der Waals surface area contributed by atoms with Gasteiger partial charge in [0.25, 0.3) is 5.91 Å². The van der Waals surface area contributed by atoms with E-state index in [1.165, 1.54) is 0 Å². The van der Waals surface area contributed by atoms with Crippen LogP contribution in [0.3, 0.4) is 0 Å². The fourth-order valence-electron chi connectivity index (χ4n) is 1.76. The second-order valence-electron chi connectivity index (χ2n) is 4.62. The molecule has 2 aromatic rings. The molecule has 1 aromatic heterocycles. The summed E-state index contributed by atoms with van der Waals surface area (Å²) in [5, 5.41) is 2.37. The van der Waals surface area contributed by atoms with Gasteiger partial charge in [-0.3, -0.25) is 4.79 Å². The molecule has 0 aliphatic rings. The van der Waals surface area contributed by atoms with Crippen molar-refractivity contribution in [2.24, 2.45) is 0 Å². The summed E-state index contributed by atoms with van der Waals surface area (Å²) in [6.07, 6.45) is -4.86. The number of alkyl halides is 3. The Morgan fingerprint density at radius 3 is 2.55 bits per heavy atom. The molecule has 118 valence electrons. The number of hydrogen-bond acceptors (Lipinski definition) is 3. The molecule has 1 N–H and O–H groups in total. The zero-order chi connectivity index (χ0) is 16.5. The standard InChI is InChI=1S/C14H12F4N2O2/c1-7-8(2)22-12(20-7)6-19-13(21)9-3-4-11(15)10(5-9)14(16,17)18/h3-5H,6H2,1-2H3,(H,19,21). The van der Waals surface area contributed by atoms with E-state index >= 15 is 0 Å². The Balaban J connectivity index is 2.13. The Bertz CT molecular complexity index is 688. The number of nitrogens with zero attached hydrogens (tertiary/aromatic N) is 1. The van der Waals surface area contributed by atoms with Crippen LogP contribution in [0.15, 0.2) is 22.6 Å². The van der Waals surface area contributed by atoms with Crippen molar-refractivity contribution in [2.45, 2.75) is 26.6 Å². The van der Waals surface area contributed by atoms with Crippen LogP contribution in [-0.2, 0) is 12.7 Å². The van der Waals surface area contributed by atoms with Crippen LogP contribution >= 0.6 is 0 Å². The maximum atomic E-state index is 13.2. The number of hydrogen-bond donors (Lipinski definition) is 1.